The lowest BCUT2D eigenvalue weighted by Crippen LogP contribution is -2.28. The van der Waals surface area contributed by atoms with Crippen LogP contribution in [0.5, 0.6) is 0 Å². The third kappa shape index (κ3) is 2.16. The van der Waals surface area contributed by atoms with Crippen LogP contribution in [0.4, 0.5) is 4.79 Å². The number of imide groups is 1. The van der Waals surface area contributed by atoms with Gasteiger partial charge in [0.15, 0.2) is 0 Å². The molecule has 1 rings (SSSR count). The van der Waals surface area contributed by atoms with E-state index >= 15 is 0 Å². The minimum atomic E-state index is -0.219. The van der Waals surface area contributed by atoms with Crippen LogP contribution in [-0.4, -0.2) is 34.2 Å². The van der Waals surface area contributed by atoms with Gasteiger partial charge in [0, 0.05) is 0 Å². The lowest BCUT2D eigenvalue weighted by atomic mass is 10.5. The Hall–Kier alpha value is -0.660. The maximum Gasteiger partial charge on any atom is 0.289 e. The summed E-state index contributed by atoms with van der Waals surface area (Å²) < 4.78 is 0. The van der Waals surface area contributed by atoms with Gasteiger partial charge in [0.25, 0.3) is 5.24 Å². The van der Waals surface area contributed by atoms with E-state index < -0.39 is 0 Å². The van der Waals surface area contributed by atoms with Gasteiger partial charge in [-0.3, -0.25) is 14.5 Å². The second-order valence-corrected chi connectivity index (χ2v) is 3.22. The van der Waals surface area contributed by atoms with Gasteiger partial charge in [0.2, 0.25) is 5.91 Å². The Bertz CT molecular complexity index is 252. The fraction of sp³-hybridized carbons (Fsp3) is 0.429. The highest BCUT2D eigenvalue weighted by molar-refractivity contribution is 8.14. The van der Waals surface area contributed by atoms with Crippen LogP contribution in [0.3, 0.4) is 0 Å². The summed E-state index contributed by atoms with van der Waals surface area (Å²) in [5.74, 6) is 5.49. The molecule has 0 spiro atoms. The summed E-state index contributed by atoms with van der Waals surface area (Å²) in [6.45, 7) is 0.164. The molecule has 3 nitrogen and oxygen atoms in total. The first kappa shape index (κ1) is 9.43. The molecule has 64 valence electrons. The Labute approximate surface area is 79.4 Å². The van der Waals surface area contributed by atoms with E-state index in [1.54, 1.807) is 0 Å². The maximum absolute atomic E-state index is 11.0. The van der Waals surface area contributed by atoms with Crippen molar-refractivity contribution in [3.05, 3.63) is 0 Å². The van der Waals surface area contributed by atoms with Gasteiger partial charge in [-0.05, 0) is 0 Å². The summed E-state index contributed by atoms with van der Waals surface area (Å²) in [6.07, 6.45) is 0. The van der Waals surface area contributed by atoms with Crippen LogP contribution in [0.1, 0.15) is 0 Å². The molecular formula is C7H6ClNO2S. The van der Waals surface area contributed by atoms with Crippen LogP contribution in [0.2, 0.25) is 0 Å². The van der Waals surface area contributed by atoms with Crippen LogP contribution >= 0.6 is 23.4 Å². The molecule has 2 amide bonds. The van der Waals surface area contributed by atoms with Gasteiger partial charge in [0.1, 0.15) is 0 Å². The van der Waals surface area contributed by atoms with Gasteiger partial charge in [-0.2, -0.15) is 0 Å². The molecule has 0 aliphatic carbocycles. The summed E-state index contributed by atoms with van der Waals surface area (Å²) in [6, 6.07) is 0. The summed E-state index contributed by atoms with van der Waals surface area (Å²) in [5.41, 5.74) is 0. The molecular weight excluding hydrogens is 198 g/mol. The van der Waals surface area contributed by atoms with E-state index in [9.17, 15) is 9.59 Å². The Morgan fingerprint density at radius 3 is 2.75 bits per heavy atom. The van der Waals surface area contributed by atoms with E-state index in [0.29, 0.717) is 0 Å². The molecule has 0 bridgehead atoms. The Morgan fingerprint density at radius 2 is 2.25 bits per heavy atom. The van der Waals surface area contributed by atoms with Crippen molar-refractivity contribution in [1.82, 2.24) is 4.90 Å². The summed E-state index contributed by atoms with van der Waals surface area (Å²) in [7, 11) is 0. The standard InChI is InChI=1S/C7H6ClNO2S/c8-3-1-2-4-9-6(10)5-12-7(9)11/h3-5H2. The number of hydrogen-bond donors (Lipinski definition) is 0. The third-order valence-corrected chi connectivity index (χ3v) is 2.26. The smallest absolute Gasteiger partial charge is 0.273 e. The predicted molar refractivity (Wildman–Crippen MR) is 48.1 cm³/mol. The first-order valence-corrected chi connectivity index (χ1v) is 4.76. The van der Waals surface area contributed by atoms with E-state index in [2.05, 4.69) is 11.8 Å². The lowest BCUT2D eigenvalue weighted by molar-refractivity contribution is -0.124. The number of thioether (sulfide) groups is 1. The highest BCUT2D eigenvalue weighted by atomic mass is 35.5. The van der Waals surface area contributed by atoms with Gasteiger partial charge in [-0.1, -0.05) is 23.6 Å². The molecule has 1 aliphatic rings. The Balaban J connectivity index is 2.50. The van der Waals surface area contributed by atoms with Gasteiger partial charge in [0.05, 0.1) is 18.2 Å². The first-order valence-electron chi connectivity index (χ1n) is 3.24. The number of rotatable bonds is 1. The molecule has 0 saturated carbocycles. The molecule has 0 radical (unpaired) electrons. The number of carbonyl (C=O) groups excluding carboxylic acids is 2. The molecule has 0 aromatic carbocycles. The molecule has 0 unspecified atom stereocenters. The van der Waals surface area contributed by atoms with E-state index in [1.165, 1.54) is 0 Å². The highest BCUT2D eigenvalue weighted by Crippen LogP contribution is 2.17. The number of halogens is 1. The van der Waals surface area contributed by atoms with Crippen molar-refractivity contribution >= 4 is 34.5 Å². The number of amides is 2. The van der Waals surface area contributed by atoms with Crippen LogP contribution in [0, 0.1) is 11.8 Å². The second kappa shape index (κ2) is 4.39. The van der Waals surface area contributed by atoms with Gasteiger partial charge in [-0.15, -0.1) is 11.6 Å². The van der Waals surface area contributed by atoms with Crippen LogP contribution in [0.25, 0.3) is 0 Å². The Morgan fingerprint density at radius 1 is 1.50 bits per heavy atom. The largest absolute Gasteiger partial charge is 0.289 e. The van der Waals surface area contributed by atoms with E-state index in [0.717, 1.165) is 16.7 Å². The fourth-order valence-electron chi connectivity index (χ4n) is 0.716. The van der Waals surface area contributed by atoms with E-state index in [4.69, 9.17) is 11.6 Å². The average molecular weight is 204 g/mol. The SMILES string of the molecule is O=C1CSC(=O)N1CC#CCCl. The van der Waals surface area contributed by atoms with E-state index in [1.807, 2.05) is 0 Å². The molecule has 5 heteroatoms. The molecule has 0 atom stereocenters. The zero-order valence-electron chi connectivity index (χ0n) is 6.17. The quantitative estimate of drug-likeness (QED) is 0.470. The minimum absolute atomic E-state index is 0.164. The van der Waals surface area contributed by atoms with Gasteiger partial charge < -0.3 is 0 Å². The Kier molecular flexibility index (Phi) is 3.45. The first-order chi connectivity index (χ1) is 5.75. The lowest BCUT2D eigenvalue weighted by Gasteiger charge is -2.06. The molecule has 12 heavy (non-hydrogen) atoms. The number of carbonyl (C=O) groups is 2. The second-order valence-electron chi connectivity index (χ2n) is 2.02. The summed E-state index contributed by atoms with van der Waals surface area (Å²) >= 11 is 6.30. The molecule has 0 aromatic heterocycles. The monoisotopic (exact) mass is 203 g/mol. The molecule has 1 fully saturated rings. The summed E-state index contributed by atoms with van der Waals surface area (Å²) in [4.78, 5) is 23.0. The highest BCUT2D eigenvalue weighted by Gasteiger charge is 2.28. The molecule has 0 aromatic rings. The number of nitrogens with zero attached hydrogens (tertiary/aromatic N) is 1. The molecule has 1 heterocycles. The fourth-order valence-corrected chi connectivity index (χ4v) is 1.54. The molecule has 1 saturated heterocycles. The topological polar surface area (TPSA) is 37.4 Å². The normalized spacial score (nSPS) is 16.2. The number of hydrogen-bond acceptors (Lipinski definition) is 3. The predicted octanol–water partition coefficient (Wildman–Crippen LogP) is 0.924. The van der Waals surface area contributed by atoms with Crippen molar-refractivity contribution in [2.24, 2.45) is 0 Å². The van der Waals surface area contributed by atoms with Crippen molar-refractivity contribution in [3.8, 4) is 11.8 Å². The van der Waals surface area contributed by atoms with Crippen molar-refractivity contribution in [2.45, 2.75) is 0 Å². The minimum Gasteiger partial charge on any atom is -0.273 e. The van der Waals surface area contributed by atoms with Gasteiger partial charge in [-0.25, -0.2) is 0 Å². The summed E-state index contributed by atoms with van der Waals surface area (Å²) in [5, 5.41) is -0.219. The third-order valence-electron chi connectivity index (χ3n) is 1.27. The van der Waals surface area contributed by atoms with Crippen molar-refractivity contribution in [2.75, 3.05) is 18.2 Å². The van der Waals surface area contributed by atoms with Gasteiger partial charge >= 0.3 is 0 Å². The van der Waals surface area contributed by atoms with Crippen molar-refractivity contribution in [1.29, 1.82) is 0 Å². The zero-order valence-corrected chi connectivity index (χ0v) is 7.74. The van der Waals surface area contributed by atoms with Crippen LogP contribution < -0.4 is 0 Å². The maximum atomic E-state index is 11.0. The molecule has 0 N–H and O–H groups in total. The number of alkyl halides is 1. The van der Waals surface area contributed by atoms with Crippen LogP contribution in [0.15, 0.2) is 0 Å². The zero-order chi connectivity index (χ0) is 8.97. The van der Waals surface area contributed by atoms with Crippen molar-refractivity contribution < 1.29 is 9.59 Å². The van der Waals surface area contributed by atoms with E-state index in [-0.39, 0.29) is 29.3 Å². The van der Waals surface area contributed by atoms with Crippen molar-refractivity contribution in [3.63, 3.8) is 0 Å². The average Bonchev–Trinajstić information content (AvgIpc) is 2.35. The molecule has 1 aliphatic heterocycles. The van der Waals surface area contributed by atoms with Crippen LogP contribution in [-0.2, 0) is 4.79 Å².